The Morgan fingerprint density at radius 3 is 2.65 bits per heavy atom. The summed E-state index contributed by atoms with van der Waals surface area (Å²) in [6.07, 6.45) is -0.509. The van der Waals surface area contributed by atoms with E-state index in [-0.39, 0.29) is 17.3 Å². The molecule has 1 N–H and O–H groups in total. The van der Waals surface area contributed by atoms with Crippen LogP contribution in [0.4, 0.5) is 18.9 Å². The molecule has 1 fully saturated rings. The Balaban J connectivity index is 2.21. The second-order valence-electron chi connectivity index (χ2n) is 5.30. The maximum absolute atomic E-state index is 13.0. The molecule has 0 heterocycles. The van der Waals surface area contributed by atoms with Gasteiger partial charge in [0.15, 0.2) is 0 Å². The van der Waals surface area contributed by atoms with Crippen molar-refractivity contribution >= 4 is 5.69 Å². The van der Waals surface area contributed by atoms with E-state index >= 15 is 0 Å². The number of nitriles is 1. The van der Waals surface area contributed by atoms with Gasteiger partial charge in [0.05, 0.1) is 17.2 Å². The van der Waals surface area contributed by atoms with Crippen molar-refractivity contribution in [2.45, 2.75) is 44.8 Å². The quantitative estimate of drug-likeness (QED) is 0.881. The summed E-state index contributed by atoms with van der Waals surface area (Å²) in [7, 11) is 0. The summed E-state index contributed by atoms with van der Waals surface area (Å²) in [6, 6.07) is 5.53. The highest BCUT2D eigenvalue weighted by Crippen LogP contribution is 2.37. The summed E-state index contributed by atoms with van der Waals surface area (Å²) in [5, 5.41) is 11.7. The van der Waals surface area contributed by atoms with Crippen molar-refractivity contribution in [3.05, 3.63) is 29.3 Å². The van der Waals surface area contributed by atoms with Crippen LogP contribution in [0.1, 0.15) is 43.7 Å². The molecule has 0 aliphatic heterocycles. The molecular formula is C15H17F3N2. The molecule has 5 heteroatoms. The first-order chi connectivity index (χ1) is 9.44. The van der Waals surface area contributed by atoms with Crippen LogP contribution in [0.15, 0.2) is 18.2 Å². The van der Waals surface area contributed by atoms with Gasteiger partial charge in [-0.25, -0.2) is 0 Å². The Kier molecular flexibility index (Phi) is 4.22. The predicted molar refractivity (Wildman–Crippen MR) is 71.2 cm³/mol. The average molecular weight is 282 g/mol. The molecule has 2 rings (SSSR count). The third-order valence-corrected chi connectivity index (χ3v) is 3.93. The molecule has 2 unspecified atom stereocenters. The average Bonchev–Trinajstić information content (AvgIpc) is 2.85. The van der Waals surface area contributed by atoms with Crippen molar-refractivity contribution < 1.29 is 13.2 Å². The number of anilines is 1. The lowest BCUT2D eigenvalue weighted by Gasteiger charge is -2.19. The number of halogens is 3. The van der Waals surface area contributed by atoms with Gasteiger partial charge in [-0.05, 0) is 43.4 Å². The molecule has 2 nitrogen and oxygen atoms in total. The minimum atomic E-state index is -4.45. The van der Waals surface area contributed by atoms with Crippen LogP contribution in [-0.4, -0.2) is 6.04 Å². The fourth-order valence-electron chi connectivity index (χ4n) is 2.77. The summed E-state index contributed by atoms with van der Waals surface area (Å²) < 4.78 is 39.1. The number of hydrogen-bond donors (Lipinski definition) is 1. The van der Waals surface area contributed by atoms with Gasteiger partial charge in [-0.1, -0.05) is 13.3 Å². The monoisotopic (exact) mass is 282 g/mol. The number of nitrogens with one attached hydrogen (secondary N) is 1. The van der Waals surface area contributed by atoms with Crippen molar-refractivity contribution in [2.24, 2.45) is 5.92 Å². The van der Waals surface area contributed by atoms with Crippen LogP contribution in [0.3, 0.4) is 0 Å². The molecular weight excluding hydrogens is 265 g/mol. The van der Waals surface area contributed by atoms with E-state index < -0.39 is 11.7 Å². The van der Waals surface area contributed by atoms with E-state index in [4.69, 9.17) is 5.26 Å². The Hall–Kier alpha value is -1.70. The zero-order valence-electron chi connectivity index (χ0n) is 11.3. The van der Waals surface area contributed by atoms with E-state index in [1.807, 2.05) is 0 Å². The van der Waals surface area contributed by atoms with Crippen molar-refractivity contribution in [2.75, 3.05) is 5.32 Å². The van der Waals surface area contributed by atoms with Gasteiger partial charge in [-0.2, -0.15) is 18.4 Å². The minimum Gasteiger partial charge on any atom is -0.382 e. The molecule has 0 saturated heterocycles. The first kappa shape index (κ1) is 14.7. The van der Waals surface area contributed by atoms with Crippen LogP contribution >= 0.6 is 0 Å². The minimum absolute atomic E-state index is 0.0285. The molecule has 1 saturated carbocycles. The molecule has 0 bridgehead atoms. The van der Waals surface area contributed by atoms with Crippen LogP contribution in [0.5, 0.6) is 0 Å². The van der Waals surface area contributed by atoms with Gasteiger partial charge >= 0.3 is 6.18 Å². The first-order valence-corrected chi connectivity index (χ1v) is 6.82. The Morgan fingerprint density at radius 2 is 2.10 bits per heavy atom. The smallest absolute Gasteiger partial charge is 0.382 e. The van der Waals surface area contributed by atoms with Crippen molar-refractivity contribution in [1.82, 2.24) is 0 Å². The van der Waals surface area contributed by atoms with Crippen molar-refractivity contribution in [3.63, 3.8) is 0 Å². The molecule has 1 aliphatic carbocycles. The summed E-state index contributed by atoms with van der Waals surface area (Å²) in [6.45, 7) is 2.11. The first-order valence-electron chi connectivity index (χ1n) is 6.82. The van der Waals surface area contributed by atoms with Gasteiger partial charge < -0.3 is 5.32 Å². The number of hydrogen-bond acceptors (Lipinski definition) is 2. The highest BCUT2D eigenvalue weighted by Gasteiger charge is 2.35. The fourth-order valence-corrected chi connectivity index (χ4v) is 2.77. The molecule has 0 aromatic heterocycles. The van der Waals surface area contributed by atoms with Crippen LogP contribution < -0.4 is 5.32 Å². The Labute approximate surface area is 116 Å². The van der Waals surface area contributed by atoms with Gasteiger partial charge in [0.25, 0.3) is 0 Å². The third-order valence-electron chi connectivity index (χ3n) is 3.93. The maximum atomic E-state index is 13.0. The molecule has 108 valence electrons. The Morgan fingerprint density at radius 1 is 1.35 bits per heavy atom. The van der Waals surface area contributed by atoms with Crippen LogP contribution in [-0.2, 0) is 6.18 Å². The van der Waals surface area contributed by atoms with Gasteiger partial charge in [-0.15, -0.1) is 0 Å². The molecule has 1 aliphatic rings. The van der Waals surface area contributed by atoms with Gasteiger partial charge in [0.2, 0.25) is 0 Å². The van der Waals surface area contributed by atoms with E-state index in [0.717, 1.165) is 31.7 Å². The lowest BCUT2D eigenvalue weighted by atomic mass is 10.0. The number of benzene rings is 1. The van der Waals surface area contributed by atoms with Crippen molar-refractivity contribution in [3.8, 4) is 6.07 Å². The molecule has 2 atom stereocenters. The lowest BCUT2D eigenvalue weighted by molar-refractivity contribution is -0.137. The van der Waals surface area contributed by atoms with Gasteiger partial charge in [0, 0.05) is 11.7 Å². The molecule has 20 heavy (non-hydrogen) atoms. The lowest BCUT2D eigenvalue weighted by Crippen LogP contribution is -2.19. The zero-order valence-corrected chi connectivity index (χ0v) is 11.3. The van der Waals surface area contributed by atoms with Crippen molar-refractivity contribution in [1.29, 1.82) is 5.26 Å². The SMILES string of the molecule is CCC1CCC(Nc2ccc(C#N)cc2C(F)(F)F)C1. The molecule has 1 aromatic carbocycles. The van der Waals surface area contributed by atoms with E-state index in [1.165, 1.54) is 12.1 Å². The van der Waals surface area contributed by atoms with E-state index in [9.17, 15) is 13.2 Å². The third kappa shape index (κ3) is 3.24. The highest BCUT2D eigenvalue weighted by molar-refractivity contribution is 5.56. The number of alkyl halides is 3. The number of rotatable bonds is 3. The summed E-state index contributed by atoms with van der Waals surface area (Å²) >= 11 is 0. The fraction of sp³-hybridized carbons (Fsp3) is 0.533. The largest absolute Gasteiger partial charge is 0.418 e. The Bertz CT molecular complexity index is 517. The molecule has 0 radical (unpaired) electrons. The normalized spacial score (nSPS) is 22.6. The summed E-state index contributed by atoms with van der Waals surface area (Å²) in [4.78, 5) is 0. The summed E-state index contributed by atoms with van der Waals surface area (Å²) in [5.41, 5.74) is -0.643. The van der Waals surface area contributed by atoms with E-state index in [2.05, 4.69) is 12.2 Å². The van der Waals surface area contributed by atoms with Gasteiger partial charge in [-0.3, -0.25) is 0 Å². The summed E-state index contributed by atoms with van der Waals surface area (Å²) in [5.74, 6) is 0.597. The number of nitrogens with zero attached hydrogens (tertiary/aromatic N) is 1. The highest BCUT2D eigenvalue weighted by atomic mass is 19.4. The van der Waals surface area contributed by atoms with E-state index in [1.54, 1.807) is 6.07 Å². The topological polar surface area (TPSA) is 35.8 Å². The van der Waals surface area contributed by atoms with Crippen LogP contribution in [0.2, 0.25) is 0 Å². The standard InChI is InChI=1S/C15H17F3N2/c1-2-10-3-5-12(7-10)20-14-6-4-11(9-19)8-13(14)15(16,17)18/h4,6,8,10,12,20H,2-3,5,7H2,1H3. The molecule has 0 spiro atoms. The predicted octanol–water partition coefficient (Wildman–Crippen LogP) is 4.57. The zero-order chi connectivity index (χ0) is 14.8. The van der Waals surface area contributed by atoms with Crippen LogP contribution in [0, 0.1) is 17.2 Å². The molecule has 1 aromatic rings. The second-order valence-corrected chi connectivity index (χ2v) is 5.30. The van der Waals surface area contributed by atoms with Gasteiger partial charge in [0.1, 0.15) is 0 Å². The second kappa shape index (κ2) is 5.74. The maximum Gasteiger partial charge on any atom is 0.418 e. The van der Waals surface area contributed by atoms with Crippen LogP contribution in [0.25, 0.3) is 0 Å². The van der Waals surface area contributed by atoms with E-state index in [0.29, 0.717) is 5.92 Å². The molecule has 0 amide bonds.